The first-order chi connectivity index (χ1) is 11.1. The summed E-state index contributed by atoms with van der Waals surface area (Å²) >= 11 is 5.85. The monoisotopic (exact) mass is 326 g/mol. The lowest BCUT2D eigenvalue weighted by atomic mass is 10.1. The van der Waals surface area contributed by atoms with Crippen LogP contribution in [0.1, 0.15) is 5.56 Å². The van der Waals surface area contributed by atoms with Crippen LogP contribution < -0.4 is 4.74 Å². The van der Waals surface area contributed by atoms with Crippen LogP contribution in [0.3, 0.4) is 0 Å². The van der Waals surface area contributed by atoms with Gasteiger partial charge in [0.1, 0.15) is 5.75 Å². The highest BCUT2D eigenvalue weighted by Crippen LogP contribution is 2.22. The fraction of sp³-hybridized carbons (Fsp3) is 0.105. The number of carboxylic acid groups (broad SMARTS) is 1. The van der Waals surface area contributed by atoms with Crippen LogP contribution in [0.4, 0.5) is 0 Å². The molecule has 4 heteroatoms. The molecule has 0 aliphatic rings. The predicted molar refractivity (Wildman–Crippen MR) is 91.2 cm³/mol. The number of carboxylic acids is 1. The van der Waals surface area contributed by atoms with Crippen molar-refractivity contribution in [3.8, 4) is 5.75 Å². The first-order valence-electron chi connectivity index (χ1n) is 7.24. The third-order valence-corrected chi connectivity index (χ3v) is 3.86. The first kappa shape index (κ1) is 15.4. The van der Waals surface area contributed by atoms with Crippen LogP contribution in [0.25, 0.3) is 10.8 Å². The van der Waals surface area contributed by atoms with Crippen molar-refractivity contribution in [3.05, 3.63) is 77.3 Å². The van der Waals surface area contributed by atoms with Crippen molar-refractivity contribution < 1.29 is 14.6 Å². The minimum absolute atomic E-state index is 0.277. The number of hydrogen-bond acceptors (Lipinski definition) is 2. The molecule has 0 heterocycles. The van der Waals surface area contributed by atoms with Gasteiger partial charge in [0.15, 0.2) is 6.10 Å². The Morgan fingerprint density at radius 1 is 1.00 bits per heavy atom. The van der Waals surface area contributed by atoms with E-state index in [1.54, 1.807) is 18.2 Å². The highest BCUT2D eigenvalue weighted by atomic mass is 35.5. The molecule has 3 aromatic carbocycles. The summed E-state index contributed by atoms with van der Waals surface area (Å²) in [6.07, 6.45) is -0.670. The standard InChI is InChI=1S/C19H15ClO3/c20-16-8-5-13(6-9-16)11-18(19(21)22)23-17-10-7-14-3-1-2-4-15(14)12-17/h1-10,12,18H,11H2,(H,21,22)/t18-/m1/s1. The fourth-order valence-electron chi connectivity index (χ4n) is 2.42. The zero-order chi connectivity index (χ0) is 16.2. The summed E-state index contributed by atoms with van der Waals surface area (Å²) in [7, 11) is 0. The van der Waals surface area contributed by atoms with Gasteiger partial charge in [-0.25, -0.2) is 4.79 Å². The van der Waals surface area contributed by atoms with Crippen molar-refractivity contribution in [1.29, 1.82) is 0 Å². The van der Waals surface area contributed by atoms with E-state index in [1.807, 2.05) is 48.5 Å². The third kappa shape index (κ3) is 3.82. The molecule has 0 unspecified atom stereocenters. The van der Waals surface area contributed by atoms with Gasteiger partial charge >= 0.3 is 5.97 Å². The molecule has 1 atom stereocenters. The molecule has 1 N–H and O–H groups in total. The molecule has 0 aromatic heterocycles. The highest BCUT2D eigenvalue weighted by molar-refractivity contribution is 6.30. The maximum Gasteiger partial charge on any atom is 0.345 e. The van der Waals surface area contributed by atoms with Crippen molar-refractivity contribution in [2.24, 2.45) is 0 Å². The van der Waals surface area contributed by atoms with Gasteiger partial charge < -0.3 is 9.84 Å². The van der Waals surface area contributed by atoms with Crippen molar-refractivity contribution in [2.45, 2.75) is 12.5 Å². The summed E-state index contributed by atoms with van der Waals surface area (Å²) in [5.74, 6) is -0.446. The Morgan fingerprint density at radius 2 is 1.70 bits per heavy atom. The number of ether oxygens (including phenoxy) is 1. The molecular formula is C19H15ClO3. The van der Waals surface area contributed by atoms with E-state index in [1.165, 1.54) is 0 Å². The molecule has 116 valence electrons. The van der Waals surface area contributed by atoms with Crippen LogP contribution in [0.15, 0.2) is 66.7 Å². The van der Waals surface area contributed by atoms with E-state index in [0.29, 0.717) is 10.8 Å². The lowest BCUT2D eigenvalue weighted by Gasteiger charge is -2.16. The van der Waals surface area contributed by atoms with Crippen LogP contribution in [-0.2, 0) is 11.2 Å². The van der Waals surface area contributed by atoms with E-state index < -0.39 is 12.1 Å². The second kappa shape index (κ2) is 6.71. The molecule has 0 saturated carbocycles. The van der Waals surface area contributed by atoms with Crippen LogP contribution in [0.2, 0.25) is 5.02 Å². The molecule has 0 saturated heterocycles. The number of carbonyl (C=O) groups is 1. The van der Waals surface area contributed by atoms with E-state index in [9.17, 15) is 9.90 Å². The molecular weight excluding hydrogens is 312 g/mol. The second-order valence-electron chi connectivity index (χ2n) is 5.28. The van der Waals surface area contributed by atoms with Crippen LogP contribution in [0.5, 0.6) is 5.75 Å². The quantitative estimate of drug-likeness (QED) is 0.747. The zero-order valence-corrected chi connectivity index (χ0v) is 13.0. The van der Waals surface area contributed by atoms with Gasteiger partial charge in [-0.2, -0.15) is 0 Å². The van der Waals surface area contributed by atoms with E-state index in [2.05, 4.69) is 0 Å². The van der Waals surface area contributed by atoms with E-state index >= 15 is 0 Å². The first-order valence-corrected chi connectivity index (χ1v) is 7.62. The minimum Gasteiger partial charge on any atom is -0.478 e. The van der Waals surface area contributed by atoms with Gasteiger partial charge in [-0.3, -0.25) is 0 Å². The third-order valence-electron chi connectivity index (χ3n) is 3.61. The predicted octanol–water partition coefficient (Wildman–Crippen LogP) is 4.57. The summed E-state index contributed by atoms with van der Waals surface area (Å²) in [5, 5.41) is 12.1. The zero-order valence-electron chi connectivity index (χ0n) is 12.3. The number of hydrogen-bond donors (Lipinski definition) is 1. The van der Waals surface area contributed by atoms with Gasteiger partial charge in [-0.15, -0.1) is 0 Å². The lowest BCUT2D eigenvalue weighted by Crippen LogP contribution is -2.29. The van der Waals surface area contributed by atoms with Crippen LogP contribution in [0, 0.1) is 0 Å². The van der Waals surface area contributed by atoms with Crippen LogP contribution >= 0.6 is 11.6 Å². The Morgan fingerprint density at radius 3 is 2.39 bits per heavy atom. The molecule has 0 aliphatic heterocycles. The van der Waals surface area contributed by atoms with Gasteiger partial charge in [0.05, 0.1) is 0 Å². The molecule has 0 aliphatic carbocycles. The van der Waals surface area contributed by atoms with Crippen molar-refractivity contribution >= 4 is 28.3 Å². The average molecular weight is 327 g/mol. The second-order valence-corrected chi connectivity index (χ2v) is 5.72. The molecule has 3 nitrogen and oxygen atoms in total. The fourth-order valence-corrected chi connectivity index (χ4v) is 2.54. The molecule has 3 aromatic rings. The number of fused-ring (bicyclic) bond motifs is 1. The Hall–Kier alpha value is -2.52. The molecule has 0 spiro atoms. The van der Waals surface area contributed by atoms with Gasteiger partial charge in [-0.1, -0.05) is 54.1 Å². The Labute approximate surface area is 139 Å². The Balaban J connectivity index is 1.80. The maximum absolute atomic E-state index is 11.5. The van der Waals surface area contributed by atoms with E-state index in [-0.39, 0.29) is 6.42 Å². The smallest absolute Gasteiger partial charge is 0.345 e. The SMILES string of the molecule is O=C(O)[C@@H](Cc1ccc(Cl)cc1)Oc1ccc2ccccc2c1. The summed E-state index contributed by atoms with van der Waals surface area (Å²) in [6.45, 7) is 0. The topological polar surface area (TPSA) is 46.5 Å². The normalized spacial score (nSPS) is 12.0. The molecule has 3 rings (SSSR count). The van der Waals surface area contributed by atoms with Gasteiger partial charge in [0, 0.05) is 11.4 Å². The Kier molecular flexibility index (Phi) is 4.49. The van der Waals surface area contributed by atoms with E-state index in [0.717, 1.165) is 16.3 Å². The molecule has 0 bridgehead atoms. The van der Waals surface area contributed by atoms with Gasteiger partial charge in [-0.05, 0) is 40.6 Å². The lowest BCUT2D eigenvalue weighted by molar-refractivity contribution is -0.145. The van der Waals surface area contributed by atoms with Crippen molar-refractivity contribution in [3.63, 3.8) is 0 Å². The van der Waals surface area contributed by atoms with Gasteiger partial charge in [0.25, 0.3) is 0 Å². The molecule has 0 radical (unpaired) electrons. The number of aliphatic carboxylic acids is 1. The number of halogens is 1. The molecule has 23 heavy (non-hydrogen) atoms. The minimum atomic E-state index is -0.992. The highest BCUT2D eigenvalue weighted by Gasteiger charge is 2.20. The Bertz CT molecular complexity index is 827. The van der Waals surface area contributed by atoms with E-state index in [4.69, 9.17) is 16.3 Å². The van der Waals surface area contributed by atoms with Gasteiger partial charge in [0.2, 0.25) is 0 Å². The average Bonchev–Trinajstić information content (AvgIpc) is 2.56. The maximum atomic E-state index is 11.5. The molecule has 0 fully saturated rings. The summed E-state index contributed by atoms with van der Waals surface area (Å²) in [4.78, 5) is 11.5. The van der Waals surface area contributed by atoms with Crippen LogP contribution in [-0.4, -0.2) is 17.2 Å². The van der Waals surface area contributed by atoms with Crippen molar-refractivity contribution in [1.82, 2.24) is 0 Å². The number of rotatable bonds is 5. The summed E-state index contributed by atoms with van der Waals surface area (Å²) in [5.41, 5.74) is 0.864. The number of benzene rings is 3. The summed E-state index contributed by atoms with van der Waals surface area (Å²) in [6, 6.07) is 20.5. The molecule has 0 amide bonds. The summed E-state index contributed by atoms with van der Waals surface area (Å²) < 4.78 is 5.69. The van der Waals surface area contributed by atoms with Crippen molar-refractivity contribution in [2.75, 3.05) is 0 Å². The largest absolute Gasteiger partial charge is 0.478 e.